The van der Waals surface area contributed by atoms with Crippen LogP contribution < -0.4 is 16.0 Å². The molecule has 0 unspecified atom stereocenters. The molecule has 0 fully saturated rings. The average molecular weight is 406 g/mol. The van der Waals surface area contributed by atoms with Crippen molar-refractivity contribution in [2.24, 2.45) is 0 Å². The van der Waals surface area contributed by atoms with Gasteiger partial charge in [0.25, 0.3) is 5.91 Å². The van der Waals surface area contributed by atoms with Gasteiger partial charge >= 0.3 is 0 Å². The normalized spacial score (nSPS) is 10.2. The molecule has 0 aliphatic carbocycles. The Balaban J connectivity index is 1.59. The Labute approximate surface area is 165 Å². The van der Waals surface area contributed by atoms with Crippen LogP contribution in [0.1, 0.15) is 10.6 Å². The predicted octanol–water partition coefficient (Wildman–Crippen LogP) is 5.65. The maximum absolute atomic E-state index is 11.9. The lowest BCUT2D eigenvalue weighted by Crippen LogP contribution is -2.19. The summed E-state index contributed by atoms with van der Waals surface area (Å²) in [5.41, 5.74) is 1.99. The Morgan fingerprint density at radius 1 is 0.885 bits per heavy atom. The molecule has 132 valence electrons. The third kappa shape index (κ3) is 4.54. The second-order valence-corrected chi connectivity index (χ2v) is 6.38. The summed E-state index contributed by atoms with van der Waals surface area (Å²) in [7, 11) is 0. The third-order valence-corrected chi connectivity index (χ3v) is 4.37. The molecule has 2 aromatic carbocycles. The van der Waals surface area contributed by atoms with E-state index in [4.69, 9.17) is 39.8 Å². The van der Waals surface area contributed by atoms with Crippen molar-refractivity contribution in [3.63, 3.8) is 0 Å². The van der Waals surface area contributed by atoms with E-state index in [0.29, 0.717) is 26.5 Å². The number of benzene rings is 2. The average Bonchev–Trinajstić information content (AvgIpc) is 3.15. The zero-order valence-electron chi connectivity index (χ0n) is 13.3. The molecule has 3 aromatic rings. The van der Waals surface area contributed by atoms with Crippen LogP contribution in [-0.4, -0.2) is 11.0 Å². The highest BCUT2D eigenvalue weighted by molar-refractivity contribution is 7.80. The van der Waals surface area contributed by atoms with Crippen molar-refractivity contribution in [1.82, 2.24) is 0 Å². The quantitative estimate of drug-likeness (QED) is 0.489. The van der Waals surface area contributed by atoms with Crippen LogP contribution >= 0.6 is 35.4 Å². The van der Waals surface area contributed by atoms with Gasteiger partial charge in [-0.2, -0.15) is 0 Å². The SMILES string of the molecule is O=C(Nc1ccc(NC(=S)Nc2cccc(Cl)c2Cl)cc1)c1ccco1. The lowest BCUT2D eigenvalue weighted by Gasteiger charge is -2.12. The first-order chi connectivity index (χ1) is 12.5. The van der Waals surface area contributed by atoms with E-state index >= 15 is 0 Å². The fraction of sp³-hybridized carbons (Fsp3) is 0. The zero-order valence-corrected chi connectivity index (χ0v) is 15.6. The number of carbonyl (C=O) groups is 1. The van der Waals surface area contributed by atoms with Crippen molar-refractivity contribution in [1.29, 1.82) is 0 Å². The molecule has 0 atom stereocenters. The molecule has 0 radical (unpaired) electrons. The minimum atomic E-state index is -0.316. The highest BCUT2D eigenvalue weighted by atomic mass is 35.5. The van der Waals surface area contributed by atoms with Crippen LogP contribution in [0.2, 0.25) is 10.0 Å². The van der Waals surface area contributed by atoms with E-state index in [1.807, 2.05) is 0 Å². The summed E-state index contributed by atoms with van der Waals surface area (Å²) < 4.78 is 5.05. The molecule has 3 rings (SSSR count). The molecule has 8 heteroatoms. The van der Waals surface area contributed by atoms with Crippen LogP contribution in [0.25, 0.3) is 0 Å². The summed E-state index contributed by atoms with van der Waals surface area (Å²) >= 11 is 17.4. The predicted molar refractivity (Wildman–Crippen MR) is 109 cm³/mol. The largest absolute Gasteiger partial charge is 0.459 e. The Kier molecular flexibility index (Phi) is 5.78. The van der Waals surface area contributed by atoms with Crippen molar-refractivity contribution in [3.05, 3.63) is 76.7 Å². The van der Waals surface area contributed by atoms with Gasteiger partial charge in [-0.05, 0) is 60.7 Å². The minimum absolute atomic E-state index is 0.246. The molecule has 1 heterocycles. The van der Waals surface area contributed by atoms with E-state index in [9.17, 15) is 4.79 Å². The third-order valence-electron chi connectivity index (χ3n) is 3.35. The highest BCUT2D eigenvalue weighted by Gasteiger charge is 2.09. The number of carbonyl (C=O) groups excluding carboxylic acids is 1. The smallest absolute Gasteiger partial charge is 0.291 e. The molecule has 0 saturated heterocycles. The highest BCUT2D eigenvalue weighted by Crippen LogP contribution is 2.29. The van der Waals surface area contributed by atoms with Crippen LogP contribution in [0.5, 0.6) is 0 Å². The number of furan rings is 1. The topological polar surface area (TPSA) is 66.3 Å². The van der Waals surface area contributed by atoms with Crippen LogP contribution in [-0.2, 0) is 0 Å². The van der Waals surface area contributed by atoms with Crippen LogP contribution in [0.4, 0.5) is 17.1 Å². The second-order valence-electron chi connectivity index (χ2n) is 5.19. The van der Waals surface area contributed by atoms with Gasteiger partial charge in [-0.3, -0.25) is 4.79 Å². The molecule has 1 amide bonds. The monoisotopic (exact) mass is 405 g/mol. The number of amides is 1. The maximum Gasteiger partial charge on any atom is 0.291 e. The first-order valence-corrected chi connectivity index (χ1v) is 8.66. The molecule has 0 bridgehead atoms. The first kappa shape index (κ1) is 18.3. The Morgan fingerprint density at radius 3 is 2.23 bits per heavy atom. The van der Waals surface area contributed by atoms with Gasteiger partial charge in [0.2, 0.25) is 0 Å². The van der Waals surface area contributed by atoms with Crippen LogP contribution in [0.15, 0.2) is 65.3 Å². The Bertz CT molecular complexity index is 928. The van der Waals surface area contributed by atoms with E-state index in [1.165, 1.54) is 6.26 Å². The lowest BCUT2D eigenvalue weighted by molar-refractivity contribution is 0.0996. The Hall–Kier alpha value is -2.54. The van der Waals surface area contributed by atoms with Crippen molar-refractivity contribution in [2.75, 3.05) is 16.0 Å². The van der Waals surface area contributed by atoms with Crippen molar-refractivity contribution >= 4 is 63.5 Å². The summed E-state index contributed by atoms with van der Waals surface area (Å²) in [4.78, 5) is 11.9. The standard InChI is InChI=1S/C18H13Cl2N3O2S/c19-13-3-1-4-14(16(13)20)23-18(26)22-12-8-6-11(7-9-12)21-17(24)15-5-2-10-25-15/h1-10H,(H,21,24)(H2,22,23,26). The summed E-state index contributed by atoms with van der Waals surface area (Å²) in [6, 6.07) is 15.6. The number of rotatable bonds is 4. The molecular weight excluding hydrogens is 393 g/mol. The molecule has 0 aliphatic rings. The number of nitrogens with one attached hydrogen (secondary N) is 3. The van der Waals surface area contributed by atoms with E-state index in [2.05, 4.69) is 16.0 Å². The van der Waals surface area contributed by atoms with E-state index in [1.54, 1.807) is 54.6 Å². The van der Waals surface area contributed by atoms with E-state index < -0.39 is 0 Å². The van der Waals surface area contributed by atoms with Crippen LogP contribution in [0.3, 0.4) is 0 Å². The number of thiocarbonyl (C=S) groups is 1. The van der Waals surface area contributed by atoms with Gasteiger partial charge in [-0.1, -0.05) is 29.3 Å². The van der Waals surface area contributed by atoms with Gasteiger partial charge in [-0.15, -0.1) is 0 Å². The van der Waals surface area contributed by atoms with Gasteiger partial charge in [-0.25, -0.2) is 0 Å². The lowest BCUT2D eigenvalue weighted by atomic mass is 10.2. The van der Waals surface area contributed by atoms with Crippen molar-refractivity contribution in [2.45, 2.75) is 0 Å². The Morgan fingerprint density at radius 2 is 1.58 bits per heavy atom. The number of hydrogen-bond acceptors (Lipinski definition) is 3. The van der Waals surface area contributed by atoms with Crippen molar-refractivity contribution < 1.29 is 9.21 Å². The summed E-state index contributed by atoms with van der Waals surface area (Å²) in [5, 5.41) is 9.96. The summed E-state index contributed by atoms with van der Waals surface area (Å²) in [5.74, 6) is -0.0699. The molecule has 5 nitrogen and oxygen atoms in total. The van der Waals surface area contributed by atoms with Crippen LogP contribution in [0, 0.1) is 0 Å². The molecule has 26 heavy (non-hydrogen) atoms. The fourth-order valence-electron chi connectivity index (χ4n) is 2.12. The molecule has 0 aliphatic heterocycles. The molecular formula is C18H13Cl2N3O2S. The molecule has 3 N–H and O–H groups in total. The minimum Gasteiger partial charge on any atom is -0.459 e. The van der Waals surface area contributed by atoms with Gasteiger partial charge in [0.05, 0.1) is 22.0 Å². The van der Waals surface area contributed by atoms with Gasteiger partial charge in [0.15, 0.2) is 10.9 Å². The van der Waals surface area contributed by atoms with Gasteiger partial charge in [0.1, 0.15) is 0 Å². The first-order valence-electron chi connectivity index (χ1n) is 7.50. The summed E-state index contributed by atoms with van der Waals surface area (Å²) in [6.45, 7) is 0. The zero-order chi connectivity index (χ0) is 18.5. The van der Waals surface area contributed by atoms with E-state index in [0.717, 1.165) is 5.69 Å². The molecule has 0 saturated carbocycles. The fourth-order valence-corrected chi connectivity index (χ4v) is 2.70. The number of halogens is 2. The molecule has 0 spiro atoms. The van der Waals surface area contributed by atoms with Gasteiger partial charge in [0, 0.05) is 11.4 Å². The maximum atomic E-state index is 11.9. The van der Waals surface area contributed by atoms with Gasteiger partial charge < -0.3 is 20.4 Å². The number of anilines is 3. The van der Waals surface area contributed by atoms with E-state index in [-0.39, 0.29) is 11.7 Å². The van der Waals surface area contributed by atoms with Crippen molar-refractivity contribution in [3.8, 4) is 0 Å². The molecule has 1 aromatic heterocycles. The number of hydrogen-bond donors (Lipinski definition) is 3. The second kappa shape index (κ2) is 8.23. The summed E-state index contributed by atoms with van der Waals surface area (Å²) in [6.07, 6.45) is 1.45.